The molecule has 100 valence electrons. The molecule has 0 aliphatic carbocycles. The number of carbonyl (C=O) groups excluding carboxylic acids is 1. The predicted molar refractivity (Wildman–Crippen MR) is 79.3 cm³/mol. The highest BCUT2D eigenvalue weighted by molar-refractivity contribution is 6.37. The van der Waals surface area contributed by atoms with Crippen LogP contribution >= 0.6 is 34.8 Å². The number of Topliss-reactive ketones (excluding diaryl/α,β-unsaturated/α-hetero) is 1. The van der Waals surface area contributed by atoms with Crippen molar-refractivity contribution >= 4 is 40.6 Å². The lowest BCUT2D eigenvalue weighted by molar-refractivity contribution is 0.0982. The summed E-state index contributed by atoms with van der Waals surface area (Å²) in [7, 11) is 0. The smallest absolute Gasteiger partial charge is 0.164 e. The highest BCUT2D eigenvalue weighted by Crippen LogP contribution is 2.28. The molecule has 18 heavy (non-hydrogen) atoms. The minimum atomic E-state index is 0.0299. The molecular weight excluding hydrogens is 291 g/mol. The Morgan fingerprint density at radius 2 is 1.89 bits per heavy atom. The number of hydrogen-bond acceptors (Lipinski definition) is 1. The molecule has 0 saturated carbocycles. The second kappa shape index (κ2) is 7.37. The summed E-state index contributed by atoms with van der Waals surface area (Å²) in [5.74, 6) is 0.993. The molecular formula is C14H17Cl3O. The van der Waals surface area contributed by atoms with E-state index in [0.29, 0.717) is 40.2 Å². The maximum Gasteiger partial charge on any atom is 0.164 e. The molecule has 0 N–H and O–H groups in total. The molecule has 0 heterocycles. The first kappa shape index (κ1) is 15.8. The minimum Gasteiger partial charge on any atom is -0.294 e. The van der Waals surface area contributed by atoms with Crippen molar-refractivity contribution in [1.82, 2.24) is 0 Å². The number of hydrogen-bond donors (Lipinski definition) is 0. The van der Waals surface area contributed by atoms with Crippen LogP contribution in [0.15, 0.2) is 12.1 Å². The van der Waals surface area contributed by atoms with Crippen LogP contribution < -0.4 is 0 Å². The van der Waals surface area contributed by atoms with Crippen molar-refractivity contribution in [2.75, 3.05) is 5.88 Å². The van der Waals surface area contributed by atoms with Gasteiger partial charge in [-0.1, -0.05) is 37.0 Å². The van der Waals surface area contributed by atoms with Crippen molar-refractivity contribution in [3.8, 4) is 0 Å². The quantitative estimate of drug-likeness (QED) is 0.508. The van der Waals surface area contributed by atoms with Crippen LogP contribution in [0.2, 0.25) is 10.0 Å². The van der Waals surface area contributed by atoms with Gasteiger partial charge in [0.1, 0.15) is 0 Å². The molecule has 0 fully saturated rings. The van der Waals surface area contributed by atoms with Crippen molar-refractivity contribution in [1.29, 1.82) is 0 Å². The van der Waals surface area contributed by atoms with Crippen LogP contribution in [-0.2, 0) is 6.42 Å². The zero-order valence-electron chi connectivity index (χ0n) is 10.6. The number of alkyl halides is 1. The van der Waals surface area contributed by atoms with Gasteiger partial charge in [-0.25, -0.2) is 0 Å². The van der Waals surface area contributed by atoms with Gasteiger partial charge < -0.3 is 0 Å². The van der Waals surface area contributed by atoms with Crippen molar-refractivity contribution in [2.24, 2.45) is 5.92 Å². The molecule has 0 radical (unpaired) electrons. The third kappa shape index (κ3) is 4.46. The zero-order chi connectivity index (χ0) is 13.7. The van der Waals surface area contributed by atoms with Crippen LogP contribution in [0.5, 0.6) is 0 Å². The monoisotopic (exact) mass is 306 g/mol. The first-order chi connectivity index (χ1) is 8.45. The van der Waals surface area contributed by atoms with E-state index in [2.05, 4.69) is 13.8 Å². The van der Waals surface area contributed by atoms with E-state index in [0.717, 1.165) is 12.0 Å². The Kier molecular flexibility index (Phi) is 6.48. The predicted octanol–water partition coefficient (Wildman–Crippen LogP) is 5.39. The molecule has 0 atom stereocenters. The van der Waals surface area contributed by atoms with E-state index in [-0.39, 0.29) is 5.78 Å². The van der Waals surface area contributed by atoms with Gasteiger partial charge in [-0.3, -0.25) is 4.79 Å². The molecule has 1 rings (SSSR count). The SMILES string of the molecule is CC(C)Cc1cc(C(=O)CCCCl)c(Cl)cc1Cl. The lowest BCUT2D eigenvalue weighted by atomic mass is 9.98. The van der Waals surface area contributed by atoms with Crippen LogP contribution in [0.3, 0.4) is 0 Å². The molecule has 0 aliphatic heterocycles. The van der Waals surface area contributed by atoms with E-state index in [9.17, 15) is 4.79 Å². The molecule has 0 unspecified atom stereocenters. The van der Waals surface area contributed by atoms with Gasteiger partial charge in [0.25, 0.3) is 0 Å². The second-order valence-electron chi connectivity index (χ2n) is 4.74. The van der Waals surface area contributed by atoms with Crippen LogP contribution in [-0.4, -0.2) is 11.7 Å². The molecule has 1 nitrogen and oxygen atoms in total. The van der Waals surface area contributed by atoms with Gasteiger partial charge in [0, 0.05) is 22.9 Å². The fourth-order valence-corrected chi connectivity index (χ4v) is 2.47. The average Bonchev–Trinajstić information content (AvgIpc) is 2.29. The fourth-order valence-electron chi connectivity index (χ4n) is 1.77. The zero-order valence-corrected chi connectivity index (χ0v) is 12.9. The maximum absolute atomic E-state index is 12.0. The standard InChI is InChI=1S/C14H17Cl3O/c1-9(2)6-10-7-11(13(17)8-12(10)16)14(18)4-3-5-15/h7-9H,3-6H2,1-2H3. The second-order valence-corrected chi connectivity index (χ2v) is 5.93. The number of halogens is 3. The third-order valence-electron chi connectivity index (χ3n) is 2.60. The largest absolute Gasteiger partial charge is 0.294 e. The van der Waals surface area contributed by atoms with Crippen molar-refractivity contribution in [2.45, 2.75) is 33.1 Å². The summed E-state index contributed by atoms with van der Waals surface area (Å²) in [5, 5.41) is 1.05. The molecule has 1 aromatic carbocycles. The normalized spacial score (nSPS) is 11.0. The molecule has 0 saturated heterocycles. The van der Waals surface area contributed by atoms with Gasteiger partial charge in [0.15, 0.2) is 5.78 Å². The van der Waals surface area contributed by atoms with Gasteiger partial charge in [0.2, 0.25) is 0 Å². The van der Waals surface area contributed by atoms with E-state index in [1.165, 1.54) is 0 Å². The fraction of sp³-hybridized carbons (Fsp3) is 0.500. The van der Waals surface area contributed by atoms with Crippen molar-refractivity contribution in [3.05, 3.63) is 33.3 Å². The Hall–Kier alpha value is -0.240. The van der Waals surface area contributed by atoms with E-state index in [1.54, 1.807) is 6.07 Å². The summed E-state index contributed by atoms with van der Waals surface area (Å²) >= 11 is 17.8. The summed E-state index contributed by atoms with van der Waals surface area (Å²) in [6, 6.07) is 3.48. The number of benzene rings is 1. The van der Waals surface area contributed by atoms with Crippen molar-refractivity contribution in [3.63, 3.8) is 0 Å². The average molecular weight is 308 g/mol. The lowest BCUT2D eigenvalue weighted by Crippen LogP contribution is -2.04. The Bertz CT molecular complexity index is 427. The van der Waals surface area contributed by atoms with Gasteiger partial charge >= 0.3 is 0 Å². The Morgan fingerprint density at radius 1 is 1.22 bits per heavy atom. The van der Waals surface area contributed by atoms with E-state index in [4.69, 9.17) is 34.8 Å². The third-order valence-corrected chi connectivity index (χ3v) is 3.53. The van der Waals surface area contributed by atoms with Gasteiger partial charge in [-0.2, -0.15) is 0 Å². The van der Waals surface area contributed by atoms with E-state index in [1.807, 2.05) is 6.07 Å². The first-order valence-corrected chi connectivity index (χ1v) is 7.31. The lowest BCUT2D eigenvalue weighted by Gasteiger charge is -2.11. The molecule has 4 heteroatoms. The molecule has 0 aliphatic rings. The highest BCUT2D eigenvalue weighted by Gasteiger charge is 2.14. The summed E-state index contributed by atoms with van der Waals surface area (Å²) in [5.41, 5.74) is 1.53. The van der Waals surface area contributed by atoms with Gasteiger partial charge in [-0.05, 0) is 36.5 Å². The first-order valence-electron chi connectivity index (χ1n) is 6.02. The Labute approximate surface area is 123 Å². The van der Waals surface area contributed by atoms with Crippen LogP contribution in [0, 0.1) is 5.92 Å². The number of carbonyl (C=O) groups is 1. The molecule has 0 bridgehead atoms. The molecule has 1 aromatic rings. The number of rotatable bonds is 6. The highest BCUT2D eigenvalue weighted by atomic mass is 35.5. The molecule has 0 spiro atoms. The van der Waals surface area contributed by atoms with Gasteiger partial charge in [-0.15, -0.1) is 11.6 Å². The van der Waals surface area contributed by atoms with Crippen LogP contribution in [0.4, 0.5) is 0 Å². The Morgan fingerprint density at radius 3 is 2.44 bits per heavy atom. The topological polar surface area (TPSA) is 17.1 Å². The minimum absolute atomic E-state index is 0.0299. The Balaban J connectivity index is 3.00. The van der Waals surface area contributed by atoms with Crippen molar-refractivity contribution < 1.29 is 4.79 Å². The molecule has 0 aromatic heterocycles. The summed E-state index contributed by atoms with van der Waals surface area (Å²) in [4.78, 5) is 12.0. The summed E-state index contributed by atoms with van der Waals surface area (Å²) in [6.07, 6.45) is 1.93. The van der Waals surface area contributed by atoms with Crippen LogP contribution in [0.1, 0.15) is 42.6 Å². The maximum atomic E-state index is 12.0. The van der Waals surface area contributed by atoms with E-state index < -0.39 is 0 Å². The van der Waals surface area contributed by atoms with E-state index >= 15 is 0 Å². The molecule has 0 amide bonds. The summed E-state index contributed by atoms with van der Waals surface area (Å²) in [6.45, 7) is 4.22. The van der Waals surface area contributed by atoms with Gasteiger partial charge in [0.05, 0.1) is 5.02 Å². The number of ketones is 1. The van der Waals surface area contributed by atoms with Crippen LogP contribution in [0.25, 0.3) is 0 Å². The summed E-state index contributed by atoms with van der Waals surface area (Å²) < 4.78 is 0.